The van der Waals surface area contributed by atoms with E-state index in [0.717, 1.165) is 19.7 Å². The second-order valence-electron chi connectivity index (χ2n) is 4.85. The average molecular weight is 285 g/mol. The van der Waals surface area contributed by atoms with Gasteiger partial charge in [-0.25, -0.2) is 0 Å². The summed E-state index contributed by atoms with van der Waals surface area (Å²) in [6, 6.07) is 2.24. The van der Waals surface area contributed by atoms with Gasteiger partial charge in [-0.05, 0) is 60.2 Å². The topological polar surface area (TPSA) is 12.5 Å². The molecule has 4 heteroatoms. The van der Waals surface area contributed by atoms with Gasteiger partial charge >= 0.3 is 0 Å². The Morgan fingerprint density at radius 2 is 2.50 bits per heavy atom. The van der Waals surface area contributed by atoms with E-state index in [1.54, 1.807) is 11.3 Å². The standard InChI is InChI=1S/C14H23NOS2/c1-17-8-3-6-15(10-13-5-9-18-12-13)11-14-4-2-7-16-14/h5,9,12,14H,2-4,6-8,10-11H2,1H3/t14-/m1/s1. The maximum Gasteiger partial charge on any atom is 0.0702 e. The Balaban J connectivity index is 1.80. The number of thiophene rings is 1. The van der Waals surface area contributed by atoms with Gasteiger partial charge in [-0.3, -0.25) is 4.90 Å². The summed E-state index contributed by atoms with van der Waals surface area (Å²) in [6.07, 6.45) is 6.41. The van der Waals surface area contributed by atoms with Crippen molar-refractivity contribution in [1.82, 2.24) is 4.90 Å². The van der Waals surface area contributed by atoms with Crippen LogP contribution in [-0.2, 0) is 11.3 Å². The Morgan fingerprint density at radius 3 is 3.17 bits per heavy atom. The molecule has 0 amide bonds. The molecule has 1 aliphatic heterocycles. The lowest BCUT2D eigenvalue weighted by atomic mass is 10.2. The minimum absolute atomic E-state index is 0.470. The molecule has 18 heavy (non-hydrogen) atoms. The zero-order chi connectivity index (χ0) is 12.6. The normalized spacial score (nSPS) is 19.8. The van der Waals surface area contributed by atoms with Crippen molar-refractivity contribution in [2.75, 3.05) is 31.7 Å². The van der Waals surface area contributed by atoms with Crippen LogP contribution >= 0.6 is 23.1 Å². The van der Waals surface area contributed by atoms with Crippen molar-refractivity contribution in [3.8, 4) is 0 Å². The predicted octanol–water partition coefficient (Wildman–Crippen LogP) is 3.48. The SMILES string of the molecule is CSCCCN(Cc1ccsc1)C[C@H]1CCCO1. The molecule has 0 saturated carbocycles. The first-order chi connectivity index (χ1) is 8.88. The fourth-order valence-electron chi connectivity index (χ4n) is 2.38. The number of hydrogen-bond donors (Lipinski definition) is 0. The number of hydrogen-bond acceptors (Lipinski definition) is 4. The van der Waals surface area contributed by atoms with E-state index in [2.05, 4.69) is 28.0 Å². The summed E-state index contributed by atoms with van der Waals surface area (Å²) in [5.74, 6) is 1.26. The van der Waals surface area contributed by atoms with Gasteiger partial charge in [0.05, 0.1) is 6.10 Å². The molecule has 1 atom stereocenters. The molecule has 0 aliphatic carbocycles. The fourth-order valence-corrected chi connectivity index (χ4v) is 3.46. The first-order valence-electron chi connectivity index (χ1n) is 6.72. The van der Waals surface area contributed by atoms with Gasteiger partial charge in [0, 0.05) is 19.7 Å². The molecule has 0 spiro atoms. The molecule has 1 aromatic rings. The molecule has 1 aliphatic rings. The van der Waals surface area contributed by atoms with Gasteiger partial charge in [0.1, 0.15) is 0 Å². The van der Waals surface area contributed by atoms with Gasteiger partial charge in [0.15, 0.2) is 0 Å². The highest BCUT2D eigenvalue weighted by Gasteiger charge is 2.19. The third-order valence-corrected chi connectivity index (χ3v) is 4.72. The minimum Gasteiger partial charge on any atom is -0.377 e. The van der Waals surface area contributed by atoms with E-state index < -0.39 is 0 Å². The Morgan fingerprint density at radius 1 is 1.56 bits per heavy atom. The van der Waals surface area contributed by atoms with E-state index in [4.69, 9.17) is 4.74 Å². The summed E-state index contributed by atoms with van der Waals surface area (Å²) >= 11 is 3.73. The van der Waals surface area contributed by atoms with E-state index in [9.17, 15) is 0 Å². The molecule has 0 bridgehead atoms. The van der Waals surface area contributed by atoms with Gasteiger partial charge in [-0.2, -0.15) is 23.1 Å². The van der Waals surface area contributed by atoms with Crippen LogP contribution in [0.15, 0.2) is 16.8 Å². The van der Waals surface area contributed by atoms with Crippen LogP contribution in [0.3, 0.4) is 0 Å². The van der Waals surface area contributed by atoms with E-state index in [-0.39, 0.29) is 0 Å². The summed E-state index contributed by atoms with van der Waals surface area (Å²) in [7, 11) is 0. The van der Waals surface area contributed by atoms with Gasteiger partial charge in [0.2, 0.25) is 0 Å². The average Bonchev–Trinajstić information content (AvgIpc) is 3.02. The third kappa shape index (κ3) is 4.92. The number of thioether (sulfide) groups is 1. The van der Waals surface area contributed by atoms with Crippen molar-refractivity contribution >= 4 is 23.1 Å². The molecule has 2 heterocycles. The van der Waals surface area contributed by atoms with Crippen molar-refractivity contribution in [2.45, 2.75) is 31.9 Å². The molecule has 0 unspecified atom stereocenters. The Hall–Kier alpha value is -0.0300. The molecular weight excluding hydrogens is 262 g/mol. The summed E-state index contributed by atoms with van der Waals surface area (Å²) < 4.78 is 5.76. The molecule has 102 valence electrons. The molecule has 0 aromatic carbocycles. The molecule has 2 rings (SSSR count). The predicted molar refractivity (Wildman–Crippen MR) is 81.6 cm³/mol. The molecule has 1 fully saturated rings. The Labute approximate surface area is 119 Å². The van der Waals surface area contributed by atoms with Crippen molar-refractivity contribution < 1.29 is 4.74 Å². The van der Waals surface area contributed by atoms with Gasteiger partial charge in [-0.15, -0.1) is 0 Å². The highest BCUT2D eigenvalue weighted by Crippen LogP contribution is 2.16. The van der Waals surface area contributed by atoms with Crippen LogP contribution < -0.4 is 0 Å². The molecule has 1 aromatic heterocycles. The molecule has 0 N–H and O–H groups in total. The van der Waals surface area contributed by atoms with E-state index in [1.807, 2.05) is 11.8 Å². The molecule has 0 radical (unpaired) electrons. The van der Waals surface area contributed by atoms with Crippen LogP contribution in [0.2, 0.25) is 0 Å². The second-order valence-corrected chi connectivity index (χ2v) is 6.61. The lowest BCUT2D eigenvalue weighted by Gasteiger charge is -2.24. The number of ether oxygens (including phenoxy) is 1. The lowest BCUT2D eigenvalue weighted by Crippen LogP contribution is -2.32. The van der Waals surface area contributed by atoms with Gasteiger partial charge in [-0.1, -0.05) is 0 Å². The number of nitrogens with zero attached hydrogens (tertiary/aromatic N) is 1. The van der Waals surface area contributed by atoms with E-state index in [0.29, 0.717) is 6.10 Å². The van der Waals surface area contributed by atoms with E-state index >= 15 is 0 Å². The maximum absolute atomic E-state index is 5.76. The second kappa shape index (κ2) is 8.20. The van der Waals surface area contributed by atoms with Crippen LogP contribution in [0.1, 0.15) is 24.8 Å². The molecule has 2 nitrogen and oxygen atoms in total. The maximum atomic E-state index is 5.76. The summed E-state index contributed by atoms with van der Waals surface area (Å²) in [4.78, 5) is 2.56. The first kappa shape index (κ1) is 14.4. The van der Waals surface area contributed by atoms with Crippen molar-refractivity contribution in [3.05, 3.63) is 22.4 Å². The first-order valence-corrected chi connectivity index (χ1v) is 9.06. The molecular formula is C14H23NOS2. The van der Waals surface area contributed by atoms with Crippen LogP contribution in [0.4, 0.5) is 0 Å². The van der Waals surface area contributed by atoms with Crippen molar-refractivity contribution in [3.63, 3.8) is 0 Å². The summed E-state index contributed by atoms with van der Waals surface area (Å²) in [5.41, 5.74) is 1.45. The minimum atomic E-state index is 0.470. The quantitative estimate of drug-likeness (QED) is 0.679. The highest BCUT2D eigenvalue weighted by molar-refractivity contribution is 7.98. The summed E-state index contributed by atoms with van der Waals surface area (Å²) in [6.45, 7) is 4.33. The van der Waals surface area contributed by atoms with Crippen molar-refractivity contribution in [2.24, 2.45) is 0 Å². The molecule has 1 saturated heterocycles. The lowest BCUT2D eigenvalue weighted by molar-refractivity contribution is 0.0707. The van der Waals surface area contributed by atoms with Gasteiger partial charge < -0.3 is 4.74 Å². The Bertz CT molecular complexity index is 310. The third-order valence-electron chi connectivity index (χ3n) is 3.29. The van der Waals surface area contributed by atoms with Crippen LogP contribution in [-0.4, -0.2) is 42.7 Å². The largest absolute Gasteiger partial charge is 0.377 e. The smallest absolute Gasteiger partial charge is 0.0702 e. The van der Waals surface area contributed by atoms with Crippen LogP contribution in [0, 0.1) is 0 Å². The Kier molecular flexibility index (Phi) is 6.55. The fraction of sp³-hybridized carbons (Fsp3) is 0.714. The van der Waals surface area contributed by atoms with Crippen LogP contribution in [0.25, 0.3) is 0 Å². The highest BCUT2D eigenvalue weighted by atomic mass is 32.2. The monoisotopic (exact) mass is 285 g/mol. The zero-order valence-electron chi connectivity index (χ0n) is 11.1. The number of rotatable bonds is 8. The van der Waals surface area contributed by atoms with Crippen LogP contribution in [0.5, 0.6) is 0 Å². The van der Waals surface area contributed by atoms with Crippen molar-refractivity contribution in [1.29, 1.82) is 0 Å². The zero-order valence-corrected chi connectivity index (χ0v) is 12.8. The van der Waals surface area contributed by atoms with E-state index in [1.165, 1.54) is 37.1 Å². The summed E-state index contributed by atoms with van der Waals surface area (Å²) in [5, 5.41) is 4.43. The van der Waals surface area contributed by atoms with Gasteiger partial charge in [0.25, 0.3) is 0 Å².